The second-order valence-corrected chi connectivity index (χ2v) is 6.21. The molecule has 2 aromatic carbocycles. The number of aryl methyl sites for hydroxylation is 1. The van der Waals surface area contributed by atoms with Gasteiger partial charge in [0.25, 0.3) is 0 Å². The molecule has 21 heavy (non-hydrogen) atoms. The molecular weight excluding hydrogens is 328 g/mol. The first kappa shape index (κ1) is 14.1. The Morgan fingerprint density at radius 2 is 1.95 bits per heavy atom. The van der Waals surface area contributed by atoms with Crippen molar-refractivity contribution < 1.29 is 4.79 Å². The van der Waals surface area contributed by atoms with E-state index in [1.807, 2.05) is 36.1 Å². The van der Waals surface area contributed by atoms with E-state index in [1.165, 1.54) is 11.1 Å². The van der Waals surface area contributed by atoms with Gasteiger partial charge in [-0.15, -0.1) is 0 Å². The van der Waals surface area contributed by atoms with Crippen molar-refractivity contribution in [1.29, 1.82) is 0 Å². The molecule has 0 fully saturated rings. The molecule has 0 spiro atoms. The Labute approximate surface area is 133 Å². The van der Waals surface area contributed by atoms with E-state index >= 15 is 0 Å². The molecule has 0 saturated heterocycles. The standard InChI is InChI=1S/C17H17BrN2O/c1-12-6-7-16(15(18)10-12)19-17(21)20-9-8-13-4-2-3-5-14(13)11-20/h2-7,10H,8-9,11H2,1H3,(H,19,21). The highest BCUT2D eigenvalue weighted by molar-refractivity contribution is 9.10. The van der Waals surface area contributed by atoms with Crippen molar-refractivity contribution in [2.75, 3.05) is 11.9 Å². The first-order valence-corrected chi connectivity index (χ1v) is 7.81. The van der Waals surface area contributed by atoms with E-state index in [0.29, 0.717) is 6.54 Å². The average Bonchev–Trinajstić information content (AvgIpc) is 2.49. The lowest BCUT2D eigenvalue weighted by atomic mass is 10.0. The molecule has 3 rings (SSSR count). The summed E-state index contributed by atoms with van der Waals surface area (Å²) in [7, 11) is 0. The maximum absolute atomic E-state index is 12.4. The summed E-state index contributed by atoms with van der Waals surface area (Å²) in [5.74, 6) is 0. The molecule has 0 atom stereocenters. The number of hydrogen-bond donors (Lipinski definition) is 1. The zero-order valence-electron chi connectivity index (χ0n) is 11.9. The molecule has 0 aliphatic carbocycles. The predicted molar refractivity (Wildman–Crippen MR) is 88.5 cm³/mol. The van der Waals surface area contributed by atoms with Gasteiger partial charge in [-0.25, -0.2) is 4.79 Å². The lowest BCUT2D eigenvalue weighted by Gasteiger charge is -2.29. The average molecular weight is 345 g/mol. The third kappa shape index (κ3) is 3.10. The minimum absolute atomic E-state index is 0.0472. The summed E-state index contributed by atoms with van der Waals surface area (Å²) in [5.41, 5.74) is 4.55. The molecule has 0 radical (unpaired) electrons. The number of carbonyl (C=O) groups is 1. The van der Waals surface area contributed by atoms with Crippen LogP contribution < -0.4 is 5.32 Å². The number of amides is 2. The Kier molecular flexibility index (Phi) is 3.97. The minimum atomic E-state index is -0.0472. The Morgan fingerprint density at radius 1 is 1.19 bits per heavy atom. The Hall–Kier alpha value is -1.81. The summed E-state index contributed by atoms with van der Waals surface area (Å²) in [5, 5.41) is 2.98. The second-order valence-electron chi connectivity index (χ2n) is 5.35. The summed E-state index contributed by atoms with van der Waals surface area (Å²) in [6.07, 6.45) is 0.915. The van der Waals surface area contributed by atoms with Gasteiger partial charge >= 0.3 is 6.03 Å². The number of carbonyl (C=O) groups excluding carboxylic acids is 1. The molecule has 1 heterocycles. The fourth-order valence-electron chi connectivity index (χ4n) is 2.58. The van der Waals surface area contributed by atoms with Crippen LogP contribution in [0.5, 0.6) is 0 Å². The maximum Gasteiger partial charge on any atom is 0.322 e. The van der Waals surface area contributed by atoms with Crippen LogP contribution in [0.15, 0.2) is 46.9 Å². The van der Waals surface area contributed by atoms with Gasteiger partial charge in [0.15, 0.2) is 0 Å². The Morgan fingerprint density at radius 3 is 2.71 bits per heavy atom. The highest BCUT2D eigenvalue weighted by Crippen LogP contribution is 2.25. The second kappa shape index (κ2) is 5.90. The summed E-state index contributed by atoms with van der Waals surface area (Å²) in [4.78, 5) is 14.3. The number of hydrogen-bond acceptors (Lipinski definition) is 1. The Balaban J connectivity index is 1.72. The highest BCUT2D eigenvalue weighted by atomic mass is 79.9. The van der Waals surface area contributed by atoms with Crippen LogP contribution in [0.25, 0.3) is 0 Å². The van der Waals surface area contributed by atoms with Crippen molar-refractivity contribution in [2.24, 2.45) is 0 Å². The molecular formula is C17H17BrN2O. The molecule has 2 aromatic rings. The van der Waals surface area contributed by atoms with E-state index in [9.17, 15) is 4.79 Å². The molecule has 108 valence electrons. The minimum Gasteiger partial charge on any atom is -0.320 e. The van der Waals surface area contributed by atoms with E-state index < -0.39 is 0 Å². The zero-order chi connectivity index (χ0) is 14.8. The van der Waals surface area contributed by atoms with Crippen molar-refractivity contribution in [1.82, 2.24) is 4.90 Å². The first-order valence-electron chi connectivity index (χ1n) is 7.02. The van der Waals surface area contributed by atoms with Crippen molar-refractivity contribution in [3.8, 4) is 0 Å². The lowest BCUT2D eigenvalue weighted by Crippen LogP contribution is -2.38. The summed E-state index contributed by atoms with van der Waals surface area (Å²) in [6.45, 7) is 3.45. The molecule has 1 aliphatic rings. The van der Waals surface area contributed by atoms with Gasteiger partial charge in [-0.05, 0) is 58.1 Å². The molecule has 2 amide bonds. The van der Waals surface area contributed by atoms with Crippen LogP contribution in [0, 0.1) is 6.92 Å². The van der Waals surface area contributed by atoms with Gasteiger partial charge in [-0.3, -0.25) is 0 Å². The first-order chi connectivity index (χ1) is 10.1. The van der Waals surface area contributed by atoms with Crippen LogP contribution in [0.4, 0.5) is 10.5 Å². The van der Waals surface area contributed by atoms with Crippen LogP contribution in [0.1, 0.15) is 16.7 Å². The van der Waals surface area contributed by atoms with Crippen molar-refractivity contribution in [3.05, 3.63) is 63.6 Å². The smallest absolute Gasteiger partial charge is 0.320 e. The van der Waals surface area contributed by atoms with Crippen molar-refractivity contribution in [2.45, 2.75) is 19.9 Å². The van der Waals surface area contributed by atoms with Crippen LogP contribution in [0.2, 0.25) is 0 Å². The maximum atomic E-state index is 12.4. The van der Waals surface area contributed by atoms with Gasteiger partial charge in [-0.1, -0.05) is 30.3 Å². The van der Waals surface area contributed by atoms with E-state index in [1.54, 1.807) is 0 Å². The molecule has 3 nitrogen and oxygen atoms in total. The van der Waals surface area contributed by atoms with E-state index in [4.69, 9.17) is 0 Å². The van der Waals surface area contributed by atoms with Crippen LogP contribution in [-0.2, 0) is 13.0 Å². The van der Waals surface area contributed by atoms with Gasteiger partial charge in [0, 0.05) is 17.6 Å². The van der Waals surface area contributed by atoms with Gasteiger partial charge in [0.05, 0.1) is 5.69 Å². The summed E-state index contributed by atoms with van der Waals surface area (Å²) < 4.78 is 0.910. The van der Waals surface area contributed by atoms with Crippen molar-refractivity contribution >= 4 is 27.6 Å². The SMILES string of the molecule is Cc1ccc(NC(=O)N2CCc3ccccc3C2)c(Br)c1. The highest BCUT2D eigenvalue weighted by Gasteiger charge is 2.20. The number of anilines is 1. The predicted octanol–water partition coefficient (Wildman–Crippen LogP) is 4.35. The fraction of sp³-hybridized carbons (Fsp3) is 0.235. The van der Waals surface area contributed by atoms with E-state index in [2.05, 4.69) is 39.4 Å². The number of halogens is 1. The van der Waals surface area contributed by atoms with Gasteiger partial charge in [0.1, 0.15) is 0 Å². The number of nitrogens with zero attached hydrogens (tertiary/aromatic N) is 1. The largest absolute Gasteiger partial charge is 0.322 e. The fourth-order valence-corrected chi connectivity index (χ4v) is 3.18. The van der Waals surface area contributed by atoms with Crippen LogP contribution in [-0.4, -0.2) is 17.5 Å². The number of urea groups is 1. The van der Waals surface area contributed by atoms with Crippen LogP contribution >= 0.6 is 15.9 Å². The van der Waals surface area contributed by atoms with Crippen LogP contribution in [0.3, 0.4) is 0 Å². The Bertz CT molecular complexity index is 684. The molecule has 0 aromatic heterocycles. The number of benzene rings is 2. The molecule has 1 N–H and O–H groups in total. The van der Waals surface area contributed by atoms with Crippen molar-refractivity contribution in [3.63, 3.8) is 0 Å². The van der Waals surface area contributed by atoms with E-state index in [0.717, 1.165) is 28.7 Å². The molecule has 4 heteroatoms. The molecule has 0 bridgehead atoms. The third-order valence-corrected chi connectivity index (χ3v) is 4.44. The van der Waals surface area contributed by atoms with E-state index in [-0.39, 0.29) is 6.03 Å². The lowest BCUT2D eigenvalue weighted by molar-refractivity contribution is 0.206. The number of nitrogens with one attached hydrogen (secondary N) is 1. The monoisotopic (exact) mass is 344 g/mol. The topological polar surface area (TPSA) is 32.3 Å². The zero-order valence-corrected chi connectivity index (χ0v) is 13.5. The van der Waals surface area contributed by atoms with Gasteiger partial charge in [-0.2, -0.15) is 0 Å². The molecule has 0 saturated carbocycles. The quantitative estimate of drug-likeness (QED) is 0.819. The number of rotatable bonds is 1. The summed E-state index contributed by atoms with van der Waals surface area (Å²) >= 11 is 3.49. The molecule has 0 unspecified atom stereocenters. The molecule has 1 aliphatic heterocycles. The third-order valence-electron chi connectivity index (χ3n) is 3.78. The van der Waals surface area contributed by atoms with Gasteiger partial charge in [0.2, 0.25) is 0 Å². The summed E-state index contributed by atoms with van der Waals surface area (Å²) in [6, 6.07) is 14.2. The van der Waals surface area contributed by atoms with Gasteiger partial charge < -0.3 is 10.2 Å². The normalized spacial score (nSPS) is 13.7. The number of fused-ring (bicyclic) bond motifs is 1.